The van der Waals surface area contributed by atoms with E-state index < -0.39 is 24.1 Å². The van der Waals surface area contributed by atoms with Gasteiger partial charge in [-0.05, 0) is 55.8 Å². The smallest absolute Gasteiger partial charge is 0.399 e. The largest absolute Gasteiger partial charge is 0.497 e. The first kappa shape index (κ1) is 14.5. The van der Waals surface area contributed by atoms with E-state index in [4.69, 9.17) is 14.6 Å². The van der Waals surface area contributed by atoms with Crippen molar-refractivity contribution in [3.8, 4) is 6.07 Å². The highest BCUT2D eigenvalue weighted by Crippen LogP contribution is 2.36. The van der Waals surface area contributed by atoms with Crippen LogP contribution in [0.4, 0.5) is 4.39 Å². The Morgan fingerprint density at radius 3 is 2.21 bits per heavy atom. The van der Waals surface area contributed by atoms with E-state index >= 15 is 0 Å². The van der Waals surface area contributed by atoms with Crippen molar-refractivity contribution in [1.82, 2.24) is 0 Å². The molecule has 0 N–H and O–H groups in total. The standard InChI is InChI=1S/C13H14BBrFNO2/c1-12(2)13(3,4)19-14(18-12)9-6-10(15)8(7-17)5-11(9)16/h5-6H,1-4H3. The average Bonchev–Trinajstić information content (AvgIpc) is 2.50. The first-order chi connectivity index (χ1) is 8.68. The fourth-order valence-electron chi connectivity index (χ4n) is 1.80. The minimum absolute atomic E-state index is 0.248. The van der Waals surface area contributed by atoms with Crippen LogP contribution in [0.3, 0.4) is 0 Å². The molecule has 0 aliphatic carbocycles. The third kappa shape index (κ3) is 2.43. The van der Waals surface area contributed by atoms with Gasteiger partial charge < -0.3 is 9.31 Å². The predicted molar refractivity (Wildman–Crippen MR) is 74.5 cm³/mol. The number of nitrogens with zero attached hydrogens (tertiary/aromatic N) is 1. The Labute approximate surface area is 121 Å². The van der Waals surface area contributed by atoms with Crippen molar-refractivity contribution in [2.45, 2.75) is 38.9 Å². The maximum Gasteiger partial charge on any atom is 0.497 e. The Kier molecular flexibility index (Phi) is 3.50. The fourth-order valence-corrected chi connectivity index (χ4v) is 2.25. The van der Waals surface area contributed by atoms with Crippen LogP contribution in [0.1, 0.15) is 33.3 Å². The summed E-state index contributed by atoms with van der Waals surface area (Å²) in [5.74, 6) is -0.502. The Bertz CT molecular complexity index is 552. The van der Waals surface area contributed by atoms with E-state index in [0.717, 1.165) is 0 Å². The van der Waals surface area contributed by atoms with E-state index in [2.05, 4.69) is 15.9 Å². The predicted octanol–water partition coefficient (Wildman–Crippen LogP) is 2.76. The molecule has 19 heavy (non-hydrogen) atoms. The van der Waals surface area contributed by atoms with Gasteiger partial charge >= 0.3 is 7.12 Å². The third-order valence-electron chi connectivity index (χ3n) is 3.71. The lowest BCUT2D eigenvalue weighted by Gasteiger charge is -2.32. The number of hydrogen-bond acceptors (Lipinski definition) is 3. The number of halogens is 2. The molecule has 0 atom stereocenters. The summed E-state index contributed by atoms with van der Waals surface area (Å²) in [5, 5.41) is 8.86. The second kappa shape index (κ2) is 4.59. The molecule has 1 aliphatic heterocycles. The SMILES string of the molecule is CC1(C)OB(c2cc(Br)c(C#N)cc2F)OC1(C)C. The van der Waals surface area contributed by atoms with Gasteiger partial charge in [0.15, 0.2) is 0 Å². The van der Waals surface area contributed by atoms with Crippen molar-refractivity contribution < 1.29 is 13.7 Å². The number of benzene rings is 1. The van der Waals surface area contributed by atoms with Crippen LogP contribution in [0.2, 0.25) is 0 Å². The molecule has 100 valence electrons. The van der Waals surface area contributed by atoms with Crippen LogP contribution >= 0.6 is 15.9 Å². The third-order valence-corrected chi connectivity index (χ3v) is 4.37. The van der Waals surface area contributed by atoms with Gasteiger partial charge in [-0.1, -0.05) is 0 Å². The molecule has 1 saturated heterocycles. The molecule has 1 aromatic carbocycles. The molecule has 0 spiro atoms. The highest BCUT2D eigenvalue weighted by atomic mass is 79.9. The van der Waals surface area contributed by atoms with E-state index in [1.807, 2.05) is 33.8 Å². The molecular weight excluding hydrogens is 312 g/mol. The van der Waals surface area contributed by atoms with E-state index in [-0.39, 0.29) is 5.56 Å². The van der Waals surface area contributed by atoms with Crippen molar-refractivity contribution >= 4 is 28.5 Å². The summed E-state index contributed by atoms with van der Waals surface area (Å²) in [6, 6.07) is 4.64. The molecule has 0 saturated carbocycles. The molecule has 1 aromatic rings. The lowest BCUT2D eigenvalue weighted by molar-refractivity contribution is 0.00578. The van der Waals surface area contributed by atoms with E-state index in [0.29, 0.717) is 9.94 Å². The zero-order valence-corrected chi connectivity index (χ0v) is 12.8. The van der Waals surface area contributed by atoms with Crippen molar-refractivity contribution in [2.24, 2.45) is 0 Å². The second-order valence-corrected chi connectivity index (χ2v) is 6.41. The maximum atomic E-state index is 14.0. The van der Waals surface area contributed by atoms with Gasteiger partial charge in [-0.3, -0.25) is 0 Å². The molecule has 0 radical (unpaired) electrons. The van der Waals surface area contributed by atoms with Crippen molar-refractivity contribution in [3.05, 3.63) is 28.0 Å². The lowest BCUT2D eigenvalue weighted by Crippen LogP contribution is -2.41. The Morgan fingerprint density at radius 2 is 1.74 bits per heavy atom. The van der Waals surface area contributed by atoms with Crippen LogP contribution in [0.25, 0.3) is 0 Å². The quantitative estimate of drug-likeness (QED) is 0.746. The number of nitriles is 1. The van der Waals surface area contributed by atoms with E-state index in [1.54, 1.807) is 0 Å². The van der Waals surface area contributed by atoms with Gasteiger partial charge in [0.25, 0.3) is 0 Å². The van der Waals surface area contributed by atoms with Crippen LogP contribution in [0.15, 0.2) is 16.6 Å². The van der Waals surface area contributed by atoms with Gasteiger partial charge in [-0.2, -0.15) is 5.26 Å². The normalized spacial score (nSPS) is 20.4. The second-order valence-electron chi connectivity index (χ2n) is 5.55. The molecule has 1 aliphatic rings. The molecule has 0 bridgehead atoms. The molecule has 1 fully saturated rings. The van der Waals surface area contributed by atoms with Gasteiger partial charge in [0.1, 0.15) is 11.9 Å². The monoisotopic (exact) mass is 325 g/mol. The summed E-state index contributed by atoms with van der Waals surface area (Å²) in [4.78, 5) is 0. The van der Waals surface area contributed by atoms with Gasteiger partial charge in [0.2, 0.25) is 0 Å². The maximum absolute atomic E-state index is 14.0. The van der Waals surface area contributed by atoms with Crippen LogP contribution in [0.5, 0.6) is 0 Å². The van der Waals surface area contributed by atoms with Gasteiger partial charge in [-0.15, -0.1) is 0 Å². The average molecular weight is 326 g/mol. The molecular formula is C13H14BBrFNO2. The zero-order chi connectivity index (χ0) is 14.4. The van der Waals surface area contributed by atoms with Crippen LogP contribution in [0, 0.1) is 17.1 Å². The van der Waals surface area contributed by atoms with Gasteiger partial charge in [-0.25, -0.2) is 4.39 Å². The molecule has 1 heterocycles. The Hall–Kier alpha value is -0.895. The zero-order valence-electron chi connectivity index (χ0n) is 11.3. The molecule has 0 unspecified atom stereocenters. The highest BCUT2D eigenvalue weighted by molar-refractivity contribution is 9.10. The number of rotatable bonds is 1. The Balaban J connectivity index is 2.41. The summed E-state index contributed by atoms with van der Waals surface area (Å²) >= 11 is 3.25. The first-order valence-electron chi connectivity index (χ1n) is 5.92. The van der Waals surface area contributed by atoms with Crippen molar-refractivity contribution in [2.75, 3.05) is 0 Å². The van der Waals surface area contributed by atoms with Crippen LogP contribution in [-0.4, -0.2) is 18.3 Å². The summed E-state index contributed by atoms with van der Waals surface area (Å²) < 4.78 is 26.2. The minimum Gasteiger partial charge on any atom is -0.399 e. The van der Waals surface area contributed by atoms with Crippen LogP contribution < -0.4 is 5.46 Å². The van der Waals surface area contributed by atoms with Crippen molar-refractivity contribution in [1.29, 1.82) is 5.26 Å². The van der Waals surface area contributed by atoms with Gasteiger partial charge in [0.05, 0.1) is 16.8 Å². The summed E-state index contributed by atoms with van der Waals surface area (Å²) in [5.41, 5.74) is -0.503. The molecule has 0 amide bonds. The molecule has 3 nitrogen and oxygen atoms in total. The van der Waals surface area contributed by atoms with E-state index in [1.165, 1.54) is 12.1 Å². The molecule has 6 heteroatoms. The number of hydrogen-bond donors (Lipinski definition) is 0. The fraction of sp³-hybridized carbons (Fsp3) is 0.462. The van der Waals surface area contributed by atoms with E-state index in [9.17, 15) is 4.39 Å². The highest BCUT2D eigenvalue weighted by Gasteiger charge is 2.52. The minimum atomic E-state index is -0.769. The Morgan fingerprint density at radius 1 is 1.21 bits per heavy atom. The summed E-state index contributed by atoms with van der Waals surface area (Å²) in [6.45, 7) is 7.63. The van der Waals surface area contributed by atoms with Crippen LogP contribution in [-0.2, 0) is 9.31 Å². The topological polar surface area (TPSA) is 42.2 Å². The first-order valence-corrected chi connectivity index (χ1v) is 6.72. The summed E-state index contributed by atoms with van der Waals surface area (Å²) in [7, 11) is -0.769. The molecule has 2 rings (SSSR count). The summed E-state index contributed by atoms with van der Waals surface area (Å²) in [6.07, 6.45) is 0. The van der Waals surface area contributed by atoms with Gasteiger partial charge in [0, 0.05) is 9.94 Å². The lowest BCUT2D eigenvalue weighted by atomic mass is 9.78. The van der Waals surface area contributed by atoms with Crippen molar-refractivity contribution in [3.63, 3.8) is 0 Å². The molecule has 0 aromatic heterocycles.